The first-order chi connectivity index (χ1) is 20.9. The largest absolute Gasteiger partial charge is 0.463 e. The Morgan fingerprint density at radius 2 is 2.02 bits per heavy atom. The lowest BCUT2D eigenvalue weighted by atomic mass is 9.96. The van der Waals surface area contributed by atoms with Crippen LogP contribution in [0, 0.1) is 22.6 Å². The monoisotopic (exact) mass is 615 g/mol. The summed E-state index contributed by atoms with van der Waals surface area (Å²) < 4.78 is 63.3. The highest BCUT2D eigenvalue weighted by molar-refractivity contribution is 5.87. The second kappa shape index (κ2) is 12.2. The third kappa shape index (κ3) is 6.45. The van der Waals surface area contributed by atoms with Crippen LogP contribution in [0.3, 0.4) is 0 Å². The van der Waals surface area contributed by atoms with E-state index in [1.807, 2.05) is 19.0 Å². The van der Waals surface area contributed by atoms with Crippen LogP contribution in [-0.2, 0) is 23.9 Å². The van der Waals surface area contributed by atoms with E-state index in [4.69, 9.17) is 9.72 Å². The Balaban J connectivity index is 1.53. The lowest BCUT2D eigenvalue weighted by Crippen LogP contribution is -2.55. The first-order valence-corrected chi connectivity index (χ1v) is 14.7. The molecule has 44 heavy (non-hydrogen) atoms. The predicted octanol–water partition coefficient (Wildman–Crippen LogP) is 4.42. The van der Waals surface area contributed by atoms with Crippen molar-refractivity contribution in [3.05, 3.63) is 53.5 Å². The maximum absolute atomic E-state index is 15.1. The summed E-state index contributed by atoms with van der Waals surface area (Å²) in [7, 11) is 3.99. The quantitative estimate of drug-likeness (QED) is 0.303. The third-order valence-electron chi connectivity index (χ3n) is 8.66. The molecule has 0 N–H and O–H groups in total. The number of nitrogens with zero attached hydrogens (tertiary/aromatic N) is 7. The van der Waals surface area contributed by atoms with Gasteiger partial charge in [0.1, 0.15) is 11.6 Å². The van der Waals surface area contributed by atoms with E-state index in [0.717, 1.165) is 43.1 Å². The molecule has 0 spiro atoms. The minimum Gasteiger partial charge on any atom is -0.463 e. The summed E-state index contributed by atoms with van der Waals surface area (Å²) in [6.07, 6.45) is -1.15. The van der Waals surface area contributed by atoms with Crippen molar-refractivity contribution >= 4 is 17.4 Å². The van der Waals surface area contributed by atoms with Crippen LogP contribution < -0.4 is 14.5 Å². The third-order valence-corrected chi connectivity index (χ3v) is 8.66. The van der Waals surface area contributed by atoms with E-state index in [0.29, 0.717) is 37.8 Å². The number of alkyl halides is 3. The molecule has 1 saturated heterocycles. The number of amides is 1. The minimum absolute atomic E-state index is 0.0210. The van der Waals surface area contributed by atoms with Crippen molar-refractivity contribution < 1.29 is 27.1 Å². The van der Waals surface area contributed by atoms with Crippen LogP contribution >= 0.6 is 0 Å². The van der Waals surface area contributed by atoms with E-state index in [9.17, 15) is 23.2 Å². The SMILES string of the molecule is C=CC(=O)N1CCN(c2nc(OCC3(CN(C)C)CC3)nc3c2CC(C)N(c2c(F)cccc2C(F)(F)F)C3)C[C@@H]1CC#N. The first-order valence-electron chi connectivity index (χ1n) is 14.7. The van der Waals surface area contributed by atoms with E-state index in [-0.39, 0.29) is 36.7 Å². The summed E-state index contributed by atoms with van der Waals surface area (Å²) in [4.78, 5) is 29.1. The number of nitriles is 1. The maximum Gasteiger partial charge on any atom is 0.418 e. The molecule has 0 bridgehead atoms. The molecule has 1 aromatic heterocycles. The van der Waals surface area contributed by atoms with Gasteiger partial charge in [-0.15, -0.1) is 0 Å². The molecule has 9 nitrogen and oxygen atoms in total. The van der Waals surface area contributed by atoms with Gasteiger partial charge in [-0.25, -0.2) is 4.39 Å². The van der Waals surface area contributed by atoms with Crippen molar-refractivity contribution in [3.8, 4) is 12.1 Å². The number of aromatic nitrogens is 2. The molecule has 1 unspecified atom stereocenters. The molecule has 13 heteroatoms. The minimum atomic E-state index is -4.74. The number of carbonyl (C=O) groups is 1. The van der Waals surface area contributed by atoms with Gasteiger partial charge in [0.2, 0.25) is 5.91 Å². The zero-order valence-electron chi connectivity index (χ0n) is 25.2. The molecule has 2 aromatic rings. The van der Waals surface area contributed by atoms with E-state index in [1.165, 1.54) is 11.0 Å². The van der Waals surface area contributed by atoms with Gasteiger partial charge in [-0.3, -0.25) is 4.79 Å². The Morgan fingerprint density at radius 1 is 1.27 bits per heavy atom. The number of anilines is 2. The highest BCUT2D eigenvalue weighted by atomic mass is 19.4. The number of halogens is 4. The van der Waals surface area contributed by atoms with Gasteiger partial charge in [0.25, 0.3) is 0 Å². The Bertz CT molecular complexity index is 1450. The fourth-order valence-corrected chi connectivity index (χ4v) is 6.37. The fraction of sp³-hybridized carbons (Fsp3) is 0.548. The number of carbonyl (C=O) groups excluding carboxylic acids is 1. The van der Waals surface area contributed by atoms with E-state index < -0.39 is 35.3 Å². The summed E-state index contributed by atoms with van der Waals surface area (Å²) >= 11 is 0. The van der Waals surface area contributed by atoms with Gasteiger partial charge in [-0.05, 0) is 58.5 Å². The van der Waals surface area contributed by atoms with E-state index in [2.05, 4.69) is 22.5 Å². The van der Waals surface area contributed by atoms with Crippen molar-refractivity contribution in [2.75, 3.05) is 56.7 Å². The van der Waals surface area contributed by atoms with Crippen LogP contribution in [0.4, 0.5) is 29.1 Å². The molecule has 2 atom stereocenters. The van der Waals surface area contributed by atoms with Crippen molar-refractivity contribution in [1.29, 1.82) is 5.26 Å². The number of benzene rings is 1. The number of hydrogen-bond acceptors (Lipinski definition) is 8. The highest BCUT2D eigenvalue weighted by Crippen LogP contribution is 2.46. The van der Waals surface area contributed by atoms with Crippen LogP contribution in [0.25, 0.3) is 0 Å². The van der Waals surface area contributed by atoms with E-state index >= 15 is 4.39 Å². The van der Waals surface area contributed by atoms with Gasteiger partial charge in [0.15, 0.2) is 0 Å². The summed E-state index contributed by atoms with van der Waals surface area (Å²) in [6.45, 7) is 7.54. The van der Waals surface area contributed by atoms with Gasteiger partial charge in [0.05, 0.1) is 48.6 Å². The number of rotatable bonds is 9. The molecule has 3 heterocycles. The van der Waals surface area contributed by atoms with Crippen LogP contribution in [0.15, 0.2) is 30.9 Å². The van der Waals surface area contributed by atoms with Crippen LogP contribution in [0.1, 0.15) is 43.0 Å². The summed E-state index contributed by atoms with van der Waals surface area (Å²) in [6, 6.07) is 4.32. The lowest BCUT2D eigenvalue weighted by molar-refractivity contribution is -0.137. The van der Waals surface area contributed by atoms with Crippen LogP contribution in [-0.4, -0.2) is 84.6 Å². The van der Waals surface area contributed by atoms with Gasteiger partial charge >= 0.3 is 12.2 Å². The topological polar surface area (TPSA) is 88.8 Å². The number of ether oxygens (including phenoxy) is 1. The molecule has 1 aliphatic carbocycles. The number of fused-ring (bicyclic) bond motifs is 1. The van der Waals surface area contributed by atoms with Crippen LogP contribution in [0.2, 0.25) is 0 Å². The molecule has 1 aromatic carbocycles. The van der Waals surface area contributed by atoms with Crippen molar-refractivity contribution in [2.45, 2.75) is 57.4 Å². The molecule has 1 saturated carbocycles. The molecule has 5 rings (SSSR count). The zero-order chi connectivity index (χ0) is 31.8. The molecule has 236 valence electrons. The van der Waals surface area contributed by atoms with Crippen molar-refractivity contribution in [3.63, 3.8) is 0 Å². The second-order valence-corrected chi connectivity index (χ2v) is 12.3. The standard InChI is InChI=1S/C31H37F4N7O2/c1-5-26(43)41-14-13-40(16-21(41)9-12-36)28-22-15-20(2)42(27-23(31(33,34)35)7-6-8-24(27)32)17-25(22)37-29(38-28)44-19-30(10-11-30)18-39(3)4/h5-8,20-21H,1,9-11,13-19H2,2-4H3/t20?,21-/m0/s1. The summed E-state index contributed by atoms with van der Waals surface area (Å²) in [5.74, 6) is -0.654. The van der Waals surface area contributed by atoms with Gasteiger partial charge < -0.3 is 24.3 Å². The average Bonchev–Trinajstić information content (AvgIpc) is 3.73. The Morgan fingerprint density at radius 3 is 2.66 bits per heavy atom. The Hall–Kier alpha value is -3.92. The first kappa shape index (κ1) is 31.5. The predicted molar refractivity (Wildman–Crippen MR) is 157 cm³/mol. The summed E-state index contributed by atoms with van der Waals surface area (Å²) in [5.41, 5.74) is -0.375. The molecular formula is C31H37F4N7O2. The number of piperazine rings is 1. The van der Waals surface area contributed by atoms with Crippen LogP contribution in [0.5, 0.6) is 6.01 Å². The smallest absolute Gasteiger partial charge is 0.418 e. The lowest BCUT2D eigenvalue weighted by Gasteiger charge is -2.43. The van der Waals surface area contributed by atoms with Crippen molar-refractivity contribution in [2.24, 2.45) is 5.41 Å². The number of para-hydroxylation sites is 1. The number of hydrogen-bond donors (Lipinski definition) is 0. The summed E-state index contributed by atoms with van der Waals surface area (Å²) in [5, 5.41) is 9.47. The molecule has 0 radical (unpaired) electrons. The average molecular weight is 616 g/mol. The Kier molecular flexibility index (Phi) is 8.75. The maximum atomic E-state index is 15.1. The van der Waals surface area contributed by atoms with Gasteiger partial charge in [0, 0.05) is 43.2 Å². The zero-order valence-corrected chi connectivity index (χ0v) is 25.2. The van der Waals surface area contributed by atoms with Gasteiger partial charge in [-0.2, -0.15) is 28.4 Å². The fourth-order valence-electron chi connectivity index (χ4n) is 6.37. The molecular weight excluding hydrogens is 578 g/mol. The molecule has 1 amide bonds. The second-order valence-electron chi connectivity index (χ2n) is 12.3. The highest BCUT2D eigenvalue weighted by Gasteiger charge is 2.45. The van der Waals surface area contributed by atoms with E-state index in [1.54, 1.807) is 11.8 Å². The molecule has 2 aliphatic heterocycles. The van der Waals surface area contributed by atoms with Gasteiger partial charge in [-0.1, -0.05) is 12.6 Å². The molecule has 2 fully saturated rings. The van der Waals surface area contributed by atoms with Crippen molar-refractivity contribution in [1.82, 2.24) is 19.8 Å². The normalized spacial score (nSPS) is 21.1. The Labute approximate surface area is 254 Å². The molecule has 3 aliphatic rings.